The van der Waals surface area contributed by atoms with E-state index in [-0.39, 0.29) is 32.5 Å². The summed E-state index contributed by atoms with van der Waals surface area (Å²) in [4.78, 5) is 35.6. The van der Waals surface area contributed by atoms with Gasteiger partial charge in [-0.15, -0.1) is 0 Å². The topological polar surface area (TPSA) is 84.5 Å². The summed E-state index contributed by atoms with van der Waals surface area (Å²) >= 11 is 0. The van der Waals surface area contributed by atoms with Gasteiger partial charge >= 0.3 is 0 Å². The van der Waals surface area contributed by atoms with Gasteiger partial charge in [-0.25, -0.2) is 0 Å². The van der Waals surface area contributed by atoms with Crippen LogP contribution in [-0.2, 0) is 19.1 Å². The average Bonchev–Trinajstić information content (AvgIpc) is 2.62. The number of amides is 2. The molecule has 0 aromatic heterocycles. The first-order chi connectivity index (χ1) is 12.8. The van der Waals surface area contributed by atoms with Crippen LogP contribution < -0.4 is 10.6 Å². The van der Waals surface area contributed by atoms with Crippen LogP contribution in [0.25, 0.3) is 0 Å². The molecule has 0 atom stereocenters. The first-order valence-corrected chi connectivity index (χ1v) is 10.5. The Kier molecular flexibility index (Phi) is 11.3. The lowest BCUT2D eigenvalue weighted by Gasteiger charge is -2.29. The van der Waals surface area contributed by atoms with Crippen molar-refractivity contribution >= 4 is 17.6 Å². The Morgan fingerprint density at radius 2 is 1.63 bits per heavy atom. The van der Waals surface area contributed by atoms with Gasteiger partial charge in [-0.2, -0.15) is 0 Å². The molecule has 1 rings (SSSR count). The first-order valence-electron chi connectivity index (χ1n) is 10.5. The molecule has 0 aromatic carbocycles. The van der Waals surface area contributed by atoms with Crippen LogP contribution in [0, 0.1) is 17.8 Å². The van der Waals surface area contributed by atoms with E-state index in [0.29, 0.717) is 44.3 Å². The van der Waals surface area contributed by atoms with E-state index in [0.717, 1.165) is 32.1 Å². The Hall–Kier alpha value is -1.43. The van der Waals surface area contributed by atoms with Crippen LogP contribution in [0.4, 0.5) is 0 Å². The second kappa shape index (κ2) is 12.9. The molecule has 0 unspecified atom stereocenters. The minimum absolute atomic E-state index is 0. The van der Waals surface area contributed by atoms with Gasteiger partial charge in [-0.1, -0.05) is 27.7 Å². The lowest BCUT2D eigenvalue weighted by Crippen LogP contribution is -2.39. The number of ketones is 1. The molecule has 6 nitrogen and oxygen atoms in total. The molecule has 2 amide bonds. The van der Waals surface area contributed by atoms with Gasteiger partial charge in [0, 0.05) is 40.1 Å². The smallest absolute Gasteiger partial charge is 0.222 e. The van der Waals surface area contributed by atoms with Crippen molar-refractivity contribution in [2.45, 2.75) is 78.7 Å². The van der Waals surface area contributed by atoms with E-state index >= 15 is 0 Å². The lowest BCUT2D eigenvalue weighted by molar-refractivity contribution is -0.127. The highest BCUT2D eigenvalue weighted by Crippen LogP contribution is 2.27. The van der Waals surface area contributed by atoms with Crippen molar-refractivity contribution in [1.29, 1.82) is 0 Å². The molecule has 0 aromatic rings. The van der Waals surface area contributed by atoms with E-state index in [1.54, 1.807) is 0 Å². The number of hydrogen-bond acceptors (Lipinski definition) is 4. The monoisotopic (exact) mass is 386 g/mol. The number of ether oxygens (including phenoxy) is 1. The SMILES string of the molecule is CC(C)CCC(=O)NCCOCCC(=O)NC1CCC(C(=O)C(C)C)CC1.[HH].[HH]. The summed E-state index contributed by atoms with van der Waals surface area (Å²) in [6.45, 7) is 9.35. The highest BCUT2D eigenvalue weighted by molar-refractivity contribution is 5.83. The summed E-state index contributed by atoms with van der Waals surface area (Å²) in [5.74, 6) is 1.18. The molecule has 0 bridgehead atoms. The normalized spacial score (nSPS) is 19.9. The van der Waals surface area contributed by atoms with Gasteiger partial charge in [-0.05, 0) is 38.0 Å². The predicted octanol–water partition coefficient (Wildman–Crippen LogP) is 3.34. The maximum absolute atomic E-state index is 12.0. The van der Waals surface area contributed by atoms with E-state index in [1.807, 2.05) is 13.8 Å². The summed E-state index contributed by atoms with van der Waals surface area (Å²) in [6.07, 6.45) is 5.25. The molecule has 0 spiro atoms. The van der Waals surface area contributed by atoms with E-state index in [4.69, 9.17) is 4.74 Å². The third-order valence-corrected chi connectivity index (χ3v) is 5.05. The minimum Gasteiger partial charge on any atom is -0.379 e. The molecule has 6 heteroatoms. The Morgan fingerprint density at radius 3 is 2.22 bits per heavy atom. The molecular formula is C21H42N2O4. The highest BCUT2D eigenvalue weighted by atomic mass is 16.5. The van der Waals surface area contributed by atoms with Gasteiger partial charge in [0.1, 0.15) is 5.78 Å². The number of nitrogens with one attached hydrogen (secondary N) is 2. The maximum atomic E-state index is 12.0. The van der Waals surface area contributed by atoms with Crippen molar-refractivity contribution in [1.82, 2.24) is 10.6 Å². The van der Waals surface area contributed by atoms with Crippen LogP contribution >= 0.6 is 0 Å². The molecule has 0 saturated heterocycles. The Labute approximate surface area is 167 Å². The number of carbonyl (C=O) groups is 3. The summed E-state index contributed by atoms with van der Waals surface area (Å²) in [6, 6.07) is 0.175. The maximum Gasteiger partial charge on any atom is 0.222 e. The van der Waals surface area contributed by atoms with Crippen LogP contribution in [0.3, 0.4) is 0 Å². The molecule has 0 heterocycles. The molecular weight excluding hydrogens is 344 g/mol. The van der Waals surface area contributed by atoms with Crippen molar-refractivity contribution in [3.63, 3.8) is 0 Å². The zero-order chi connectivity index (χ0) is 20.2. The molecule has 0 radical (unpaired) electrons. The molecule has 1 aliphatic carbocycles. The van der Waals surface area contributed by atoms with Crippen LogP contribution in [0.15, 0.2) is 0 Å². The van der Waals surface area contributed by atoms with Crippen LogP contribution in [0.5, 0.6) is 0 Å². The van der Waals surface area contributed by atoms with Crippen LogP contribution in [0.2, 0.25) is 0 Å². The van der Waals surface area contributed by atoms with Gasteiger partial charge in [0.05, 0.1) is 13.2 Å². The van der Waals surface area contributed by atoms with E-state index in [2.05, 4.69) is 24.5 Å². The molecule has 2 N–H and O–H groups in total. The third kappa shape index (κ3) is 10.5. The molecule has 1 aliphatic rings. The first kappa shape index (κ1) is 23.6. The molecule has 1 fully saturated rings. The van der Waals surface area contributed by atoms with E-state index in [1.165, 1.54) is 0 Å². The van der Waals surface area contributed by atoms with Crippen molar-refractivity contribution in [2.75, 3.05) is 19.8 Å². The second-order valence-electron chi connectivity index (χ2n) is 8.32. The predicted molar refractivity (Wildman–Crippen MR) is 110 cm³/mol. The highest BCUT2D eigenvalue weighted by Gasteiger charge is 2.28. The van der Waals surface area contributed by atoms with Gasteiger partial charge in [0.15, 0.2) is 0 Å². The van der Waals surface area contributed by atoms with Gasteiger partial charge < -0.3 is 15.4 Å². The molecule has 27 heavy (non-hydrogen) atoms. The summed E-state index contributed by atoms with van der Waals surface area (Å²) in [7, 11) is 0. The third-order valence-electron chi connectivity index (χ3n) is 5.05. The van der Waals surface area contributed by atoms with Crippen molar-refractivity contribution in [3.05, 3.63) is 0 Å². The zero-order valence-corrected chi connectivity index (χ0v) is 17.5. The zero-order valence-electron chi connectivity index (χ0n) is 17.5. The van der Waals surface area contributed by atoms with Gasteiger partial charge in [-0.3, -0.25) is 14.4 Å². The number of Topliss-reactive ketones (excluding diaryl/α,β-unsaturated/α-hetero) is 1. The Morgan fingerprint density at radius 1 is 0.963 bits per heavy atom. The molecule has 160 valence electrons. The van der Waals surface area contributed by atoms with Crippen molar-refractivity contribution < 1.29 is 22.0 Å². The van der Waals surface area contributed by atoms with Crippen molar-refractivity contribution in [2.24, 2.45) is 17.8 Å². The fourth-order valence-electron chi connectivity index (χ4n) is 3.33. The van der Waals surface area contributed by atoms with Gasteiger partial charge in [0.2, 0.25) is 11.8 Å². The fraction of sp³-hybridized carbons (Fsp3) is 0.857. The largest absolute Gasteiger partial charge is 0.379 e. The number of carbonyl (C=O) groups excluding carboxylic acids is 3. The standard InChI is InChI=1S/C21H38N2O4.2H2/c1-15(2)5-10-19(24)22-12-14-27-13-11-20(25)23-18-8-6-17(7-9-18)21(26)16(3)4;;/h15-18H,5-14H2,1-4H3,(H,22,24)(H,23,25);2*1H. The van der Waals surface area contributed by atoms with Crippen LogP contribution in [0.1, 0.15) is 75.5 Å². The van der Waals surface area contributed by atoms with Gasteiger partial charge in [0.25, 0.3) is 0 Å². The summed E-state index contributed by atoms with van der Waals surface area (Å²) in [5, 5.41) is 5.86. The molecule has 1 saturated carbocycles. The van der Waals surface area contributed by atoms with E-state index in [9.17, 15) is 14.4 Å². The number of hydrogen-bond donors (Lipinski definition) is 2. The minimum atomic E-state index is -0.00500. The second-order valence-corrected chi connectivity index (χ2v) is 8.32. The summed E-state index contributed by atoms with van der Waals surface area (Å²) in [5.41, 5.74) is 0. The summed E-state index contributed by atoms with van der Waals surface area (Å²) < 4.78 is 5.42. The molecule has 0 aliphatic heterocycles. The number of rotatable bonds is 12. The Bertz CT molecular complexity index is 479. The van der Waals surface area contributed by atoms with Crippen molar-refractivity contribution in [3.8, 4) is 0 Å². The average molecular weight is 387 g/mol. The lowest BCUT2D eigenvalue weighted by atomic mass is 9.80. The Balaban J connectivity index is 0. The fourth-order valence-corrected chi connectivity index (χ4v) is 3.33. The quantitative estimate of drug-likeness (QED) is 0.504. The van der Waals surface area contributed by atoms with Crippen LogP contribution in [-0.4, -0.2) is 43.4 Å². The van der Waals surface area contributed by atoms with E-state index < -0.39 is 0 Å².